The molecule has 3 heteroatoms. The van der Waals surface area contributed by atoms with Crippen LogP contribution in [0.25, 0.3) is 10.8 Å². The lowest BCUT2D eigenvalue weighted by molar-refractivity contribution is 0.0651. The number of ether oxygens (including phenoxy) is 1. The molecule has 1 atom stereocenters. The maximum atomic E-state index is 9.85. The zero-order valence-electron chi connectivity index (χ0n) is 8.55. The molecule has 1 aromatic carbocycles. The molecule has 0 spiro atoms. The number of aromatic nitrogens is 1. The largest absolute Gasteiger partial charge is 0.386 e. The van der Waals surface area contributed by atoms with Gasteiger partial charge in [0.1, 0.15) is 6.10 Å². The van der Waals surface area contributed by atoms with Crippen LogP contribution in [0.1, 0.15) is 11.7 Å². The van der Waals surface area contributed by atoms with Gasteiger partial charge in [-0.05, 0) is 5.39 Å². The van der Waals surface area contributed by atoms with E-state index in [0.717, 1.165) is 16.3 Å². The van der Waals surface area contributed by atoms with Gasteiger partial charge >= 0.3 is 0 Å². The number of fused-ring (bicyclic) bond motifs is 1. The molecule has 1 N–H and O–H groups in total. The molecule has 0 bridgehead atoms. The van der Waals surface area contributed by atoms with E-state index in [1.807, 2.05) is 24.3 Å². The Bertz CT molecular complexity index is 451. The highest BCUT2D eigenvalue weighted by molar-refractivity contribution is 5.84. The molecule has 15 heavy (non-hydrogen) atoms. The van der Waals surface area contributed by atoms with Gasteiger partial charge in [-0.2, -0.15) is 0 Å². The predicted octanol–water partition coefficient (Wildman–Crippen LogP) is 1.91. The predicted molar refractivity (Wildman–Crippen MR) is 58.6 cm³/mol. The van der Waals surface area contributed by atoms with Gasteiger partial charge in [-0.1, -0.05) is 24.3 Å². The minimum absolute atomic E-state index is 0.287. The molecule has 0 saturated carbocycles. The van der Waals surface area contributed by atoms with E-state index in [2.05, 4.69) is 4.98 Å². The van der Waals surface area contributed by atoms with Crippen LogP contribution in [0.3, 0.4) is 0 Å². The summed E-state index contributed by atoms with van der Waals surface area (Å²) in [5.74, 6) is 0. The molecular formula is C12H13NO2. The molecule has 0 fully saturated rings. The van der Waals surface area contributed by atoms with Crippen molar-refractivity contribution < 1.29 is 9.84 Å². The average molecular weight is 203 g/mol. The van der Waals surface area contributed by atoms with Crippen LogP contribution >= 0.6 is 0 Å². The fourth-order valence-corrected chi connectivity index (χ4v) is 1.65. The molecule has 0 aliphatic rings. The second-order valence-electron chi connectivity index (χ2n) is 3.42. The first-order valence-corrected chi connectivity index (χ1v) is 4.82. The summed E-state index contributed by atoms with van der Waals surface area (Å²) in [7, 11) is 1.57. The summed E-state index contributed by atoms with van der Waals surface area (Å²) < 4.78 is 4.93. The van der Waals surface area contributed by atoms with Crippen molar-refractivity contribution in [2.24, 2.45) is 0 Å². The maximum absolute atomic E-state index is 9.85. The number of aliphatic hydroxyl groups is 1. The summed E-state index contributed by atoms with van der Waals surface area (Å²) in [5, 5.41) is 11.9. The Kier molecular flexibility index (Phi) is 2.94. The molecule has 2 aromatic rings. The molecular weight excluding hydrogens is 190 g/mol. The van der Waals surface area contributed by atoms with E-state index in [9.17, 15) is 5.11 Å². The first-order valence-electron chi connectivity index (χ1n) is 4.82. The second-order valence-corrected chi connectivity index (χ2v) is 3.42. The topological polar surface area (TPSA) is 42.4 Å². The van der Waals surface area contributed by atoms with E-state index in [-0.39, 0.29) is 6.61 Å². The van der Waals surface area contributed by atoms with Crippen molar-refractivity contribution in [2.45, 2.75) is 6.10 Å². The maximum Gasteiger partial charge on any atom is 0.104 e. The number of hydrogen-bond acceptors (Lipinski definition) is 3. The Morgan fingerprint density at radius 1 is 1.33 bits per heavy atom. The molecule has 2 rings (SSSR count). The van der Waals surface area contributed by atoms with Gasteiger partial charge in [-0.15, -0.1) is 0 Å². The van der Waals surface area contributed by atoms with Crippen LogP contribution in [0.2, 0.25) is 0 Å². The monoisotopic (exact) mass is 203 g/mol. The third-order valence-electron chi connectivity index (χ3n) is 2.38. The van der Waals surface area contributed by atoms with Gasteiger partial charge in [0.2, 0.25) is 0 Å². The fourth-order valence-electron chi connectivity index (χ4n) is 1.65. The summed E-state index contributed by atoms with van der Waals surface area (Å²) >= 11 is 0. The third kappa shape index (κ3) is 1.98. The van der Waals surface area contributed by atoms with E-state index in [1.165, 1.54) is 0 Å². The molecule has 0 radical (unpaired) electrons. The Labute approximate surface area is 88.3 Å². The summed E-state index contributed by atoms with van der Waals surface area (Å²) in [5.41, 5.74) is 0.815. The van der Waals surface area contributed by atoms with Crippen molar-refractivity contribution in [3.63, 3.8) is 0 Å². The summed E-state index contributed by atoms with van der Waals surface area (Å²) in [4.78, 5) is 4.10. The van der Waals surface area contributed by atoms with E-state index < -0.39 is 6.10 Å². The van der Waals surface area contributed by atoms with Gasteiger partial charge in [0, 0.05) is 30.5 Å². The second kappa shape index (κ2) is 4.38. The quantitative estimate of drug-likeness (QED) is 0.828. The van der Waals surface area contributed by atoms with Gasteiger partial charge in [0.25, 0.3) is 0 Å². The number of nitrogens with zero attached hydrogens (tertiary/aromatic N) is 1. The van der Waals surface area contributed by atoms with E-state index in [1.54, 1.807) is 19.5 Å². The number of benzene rings is 1. The SMILES string of the molecule is COCC(O)c1cncc2ccccc12. The van der Waals surface area contributed by atoms with Gasteiger partial charge in [0.05, 0.1) is 6.61 Å². The summed E-state index contributed by atoms with van der Waals surface area (Å²) in [6.07, 6.45) is 2.86. The highest BCUT2D eigenvalue weighted by Crippen LogP contribution is 2.22. The third-order valence-corrected chi connectivity index (χ3v) is 2.38. The van der Waals surface area contributed by atoms with Crippen molar-refractivity contribution >= 4 is 10.8 Å². The Hall–Kier alpha value is -1.45. The standard InChI is InChI=1S/C12H13NO2/c1-15-8-12(14)11-7-13-6-9-4-2-3-5-10(9)11/h2-7,12,14H,8H2,1H3. The Balaban J connectivity index is 2.50. The first kappa shape index (κ1) is 10.1. The van der Waals surface area contributed by atoms with Gasteiger partial charge in [-0.3, -0.25) is 4.98 Å². The molecule has 0 aliphatic carbocycles. The van der Waals surface area contributed by atoms with Crippen molar-refractivity contribution in [1.29, 1.82) is 0 Å². The Morgan fingerprint density at radius 3 is 2.93 bits per heavy atom. The lowest BCUT2D eigenvalue weighted by Gasteiger charge is -2.11. The van der Waals surface area contributed by atoms with E-state index >= 15 is 0 Å². The van der Waals surface area contributed by atoms with Gasteiger partial charge < -0.3 is 9.84 Å². The van der Waals surface area contributed by atoms with Crippen LogP contribution in [0.5, 0.6) is 0 Å². The molecule has 1 unspecified atom stereocenters. The average Bonchev–Trinajstić information content (AvgIpc) is 2.28. The number of methoxy groups -OCH3 is 1. The molecule has 0 saturated heterocycles. The number of hydrogen-bond donors (Lipinski definition) is 1. The highest BCUT2D eigenvalue weighted by Gasteiger charge is 2.10. The van der Waals surface area contributed by atoms with Gasteiger partial charge in [-0.25, -0.2) is 0 Å². The zero-order chi connectivity index (χ0) is 10.7. The van der Waals surface area contributed by atoms with E-state index in [0.29, 0.717) is 0 Å². The zero-order valence-corrected chi connectivity index (χ0v) is 8.55. The number of pyridine rings is 1. The summed E-state index contributed by atoms with van der Waals surface area (Å²) in [6, 6.07) is 7.86. The van der Waals surface area contributed by atoms with Crippen LogP contribution < -0.4 is 0 Å². The summed E-state index contributed by atoms with van der Waals surface area (Å²) in [6.45, 7) is 0.287. The van der Waals surface area contributed by atoms with Gasteiger partial charge in [0.15, 0.2) is 0 Å². The number of rotatable bonds is 3. The van der Waals surface area contributed by atoms with Crippen LogP contribution in [0, 0.1) is 0 Å². The minimum Gasteiger partial charge on any atom is -0.386 e. The van der Waals surface area contributed by atoms with Crippen molar-refractivity contribution in [3.8, 4) is 0 Å². The minimum atomic E-state index is -0.617. The Morgan fingerprint density at radius 2 is 2.13 bits per heavy atom. The van der Waals surface area contributed by atoms with E-state index in [4.69, 9.17) is 4.74 Å². The normalized spacial score (nSPS) is 12.9. The lowest BCUT2D eigenvalue weighted by Crippen LogP contribution is -2.06. The fraction of sp³-hybridized carbons (Fsp3) is 0.250. The van der Waals surface area contributed by atoms with Crippen molar-refractivity contribution in [3.05, 3.63) is 42.2 Å². The van der Waals surface area contributed by atoms with Crippen molar-refractivity contribution in [1.82, 2.24) is 4.98 Å². The van der Waals surface area contributed by atoms with Crippen molar-refractivity contribution in [2.75, 3.05) is 13.7 Å². The molecule has 78 valence electrons. The molecule has 3 nitrogen and oxygen atoms in total. The van der Waals surface area contributed by atoms with Crippen LogP contribution in [0.4, 0.5) is 0 Å². The smallest absolute Gasteiger partial charge is 0.104 e. The number of aliphatic hydroxyl groups excluding tert-OH is 1. The molecule has 0 amide bonds. The molecule has 1 aromatic heterocycles. The van der Waals surface area contributed by atoms with Crippen LogP contribution in [0.15, 0.2) is 36.7 Å². The first-order chi connectivity index (χ1) is 7.33. The van der Waals surface area contributed by atoms with Crippen LogP contribution in [-0.4, -0.2) is 23.8 Å². The molecule has 1 heterocycles. The lowest BCUT2D eigenvalue weighted by atomic mass is 10.0. The molecule has 0 aliphatic heterocycles. The van der Waals surface area contributed by atoms with Crippen LogP contribution in [-0.2, 0) is 4.74 Å². The highest BCUT2D eigenvalue weighted by atomic mass is 16.5.